The van der Waals surface area contributed by atoms with Gasteiger partial charge in [-0.3, -0.25) is 4.79 Å². The highest BCUT2D eigenvalue weighted by molar-refractivity contribution is 6.30. The third kappa shape index (κ3) is 5.29. The van der Waals surface area contributed by atoms with Gasteiger partial charge in [-0.05, 0) is 55.3 Å². The summed E-state index contributed by atoms with van der Waals surface area (Å²) >= 11 is 5.89. The molecule has 6 nitrogen and oxygen atoms in total. The van der Waals surface area contributed by atoms with Crippen molar-refractivity contribution in [2.24, 2.45) is 0 Å². The van der Waals surface area contributed by atoms with Crippen LogP contribution in [0.3, 0.4) is 0 Å². The van der Waals surface area contributed by atoms with Crippen LogP contribution in [0, 0.1) is 18.3 Å². The second-order valence-electron chi connectivity index (χ2n) is 6.13. The van der Waals surface area contributed by atoms with Gasteiger partial charge in [-0.2, -0.15) is 5.26 Å². The monoisotopic (exact) mass is 391 g/mol. The number of carbonyl (C=O) groups is 1. The van der Waals surface area contributed by atoms with E-state index < -0.39 is 0 Å². The maximum Gasteiger partial charge on any atom is 0.274 e. The Labute approximate surface area is 168 Å². The molecule has 0 spiro atoms. The van der Waals surface area contributed by atoms with Crippen LogP contribution in [0.15, 0.2) is 54.6 Å². The summed E-state index contributed by atoms with van der Waals surface area (Å²) < 4.78 is 0. The van der Waals surface area contributed by atoms with E-state index in [1.807, 2.05) is 30.3 Å². The fourth-order valence-electron chi connectivity index (χ4n) is 2.58. The molecule has 7 heteroatoms. The van der Waals surface area contributed by atoms with E-state index in [0.29, 0.717) is 34.5 Å². The minimum atomic E-state index is -0.337. The Kier molecular flexibility index (Phi) is 6.20. The molecule has 0 saturated heterocycles. The highest BCUT2D eigenvalue weighted by atomic mass is 35.5. The molecule has 0 saturated carbocycles. The van der Waals surface area contributed by atoms with Gasteiger partial charge in [0.05, 0.1) is 11.6 Å². The smallest absolute Gasteiger partial charge is 0.274 e. The van der Waals surface area contributed by atoms with Crippen molar-refractivity contribution in [3.05, 3.63) is 82.3 Å². The van der Waals surface area contributed by atoms with Crippen LogP contribution in [0.5, 0.6) is 0 Å². The number of aryl methyl sites for hydroxylation is 1. The number of benzene rings is 2. The van der Waals surface area contributed by atoms with Crippen molar-refractivity contribution in [2.75, 3.05) is 17.2 Å². The standard InChI is InChI=1S/C21H18ClN5O/c1-14-25-19(21(28)27-18-8-4-16(13-23)5-9-18)12-20(26-14)24-11-10-15-2-6-17(22)7-3-15/h2-9,12H,10-11H2,1H3,(H,27,28)(H,24,25,26). The molecule has 0 radical (unpaired) electrons. The molecule has 2 N–H and O–H groups in total. The lowest BCUT2D eigenvalue weighted by molar-refractivity contribution is 0.102. The predicted molar refractivity (Wildman–Crippen MR) is 110 cm³/mol. The first-order chi connectivity index (χ1) is 13.5. The number of hydrogen-bond acceptors (Lipinski definition) is 5. The molecule has 0 aliphatic rings. The Morgan fingerprint density at radius 2 is 1.82 bits per heavy atom. The van der Waals surface area contributed by atoms with E-state index in [9.17, 15) is 4.79 Å². The van der Waals surface area contributed by atoms with Crippen LogP contribution in [0.2, 0.25) is 5.02 Å². The lowest BCUT2D eigenvalue weighted by Gasteiger charge is -2.09. The predicted octanol–water partition coefficient (Wildman–Crippen LogP) is 4.22. The number of nitrogens with one attached hydrogen (secondary N) is 2. The van der Waals surface area contributed by atoms with E-state index in [-0.39, 0.29) is 11.6 Å². The van der Waals surface area contributed by atoms with Gasteiger partial charge in [0, 0.05) is 23.3 Å². The number of halogens is 1. The summed E-state index contributed by atoms with van der Waals surface area (Å²) in [7, 11) is 0. The van der Waals surface area contributed by atoms with Crippen molar-refractivity contribution in [2.45, 2.75) is 13.3 Å². The van der Waals surface area contributed by atoms with Gasteiger partial charge < -0.3 is 10.6 Å². The number of nitrogens with zero attached hydrogens (tertiary/aromatic N) is 3. The van der Waals surface area contributed by atoms with Crippen molar-refractivity contribution in [1.82, 2.24) is 9.97 Å². The maximum absolute atomic E-state index is 12.5. The van der Waals surface area contributed by atoms with Crippen molar-refractivity contribution in [3.8, 4) is 6.07 Å². The van der Waals surface area contributed by atoms with Crippen LogP contribution in [-0.2, 0) is 6.42 Å². The van der Waals surface area contributed by atoms with Gasteiger partial charge in [-0.25, -0.2) is 9.97 Å². The molecule has 140 valence electrons. The lowest BCUT2D eigenvalue weighted by Crippen LogP contribution is -2.16. The van der Waals surface area contributed by atoms with E-state index in [4.69, 9.17) is 16.9 Å². The van der Waals surface area contributed by atoms with Gasteiger partial charge in [0.25, 0.3) is 5.91 Å². The number of carbonyl (C=O) groups excluding carboxylic acids is 1. The molecular formula is C21H18ClN5O. The molecule has 1 aromatic heterocycles. The molecule has 0 unspecified atom stereocenters. The van der Waals surface area contributed by atoms with Crippen LogP contribution >= 0.6 is 11.6 Å². The first-order valence-electron chi connectivity index (χ1n) is 8.69. The van der Waals surface area contributed by atoms with E-state index in [2.05, 4.69) is 20.6 Å². The average molecular weight is 392 g/mol. The van der Waals surface area contributed by atoms with E-state index in [1.165, 1.54) is 0 Å². The van der Waals surface area contributed by atoms with E-state index >= 15 is 0 Å². The van der Waals surface area contributed by atoms with Crippen LogP contribution in [0.1, 0.15) is 27.4 Å². The van der Waals surface area contributed by atoms with Crippen molar-refractivity contribution in [1.29, 1.82) is 5.26 Å². The summed E-state index contributed by atoms with van der Waals surface area (Å²) in [4.78, 5) is 21.0. The zero-order valence-electron chi connectivity index (χ0n) is 15.2. The first-order valence-corrected chi connectivity index (χ1v) is 9.07. The number of rotatable bonds is 6. The van der Waals surface area contributed by atoms with Crippen LogP contribution < -0.4 is 10.6 Å². The summed E-state index contributed by atoms with van der Waals surface area (Å²) in [5, 5.41) is 15.5. The van der Waals surface area contributed by atoms with Crippen molar-refractivity contribution in [3.63, 3.8) is 0 Å². The number of hydrogen-bond donors (Lipinski definition) is 2. The largest absolute Gasteiger partial charge is 0.370 e. The van der Waals surface area contributed by atoms with Crippen LogP contribution in [0.25, 0.3) is 0 Å². The van der Waals surface area contributed by atoms with Gasteiger partial charge in [0.1, 0.15) is 17.3 Å². The molecule has 1 amide bonds. The zero-order valence-corrected chi connectivity index (χ0v) is 16.0. The number of aromatic nitrogens is 2. The fourth-order valence-corrected chi connectivity index (χ4v) is 2.71. The van der Waals surface area contributed by atoms with Crippen molar-refractivity contribution < 1.29 is 4.79 Å². The van der Waals surface area contributed by atoms with Crippen LogP contribution in [0.4, 0.5) is 11.5 Å². The third-order valence-corrected chi connectivity index (χ3v) is 4.23. The topological polar surface area (TPSA) is 90.7 Å². The molecule has 28 heavy (non-hydrogen) atoms. The molecule has 0 fully saturated rings. The van der Waals surface area contributed by atoms with Gasteiger partial charge in [-0.15, -0.1) is 0 Å². The highest BCUT2D eigenvalue weighted by Gasteiger charge is 2.11. The Balaban J connectivity index is 1.63. The summed E-state index contributed by atoms with van der Waals surface area (Å²) in [6.07, 6.45) is 0.799. The molecule has 0 bridgehead atoms. The van der Waals surface area contributed by atoms with E-state index in [1.54, 1.807) is 37.3 Å². The highest BCUT2D eigenvalue weighted by Crippen LogP contribution is 2.13. The third-order valence-electron chi connectivity index (χ3n) is 3.98. The summed E-state index contributed by atoms with van der Waals surface area (Å²) in [5.41, 5.74) is 2.55. The summed E-state index contributed by atoms with van der Waals surface area (Å²) in [6.45, 7) is 2.40. The van der Waals surface area contributed by atoms with Gasteiger partial charge in [0.2, 0.25) is 0 Å². The minimum absolute atomic E-state index is 0.269. The lowest BCUT2D eigenvalue weighted by atomic mass is 10.1. The van der Waals surface area contributed by atoms with Gasteiger partial charge in [0.15, 0.2) is 0 Å². The normalized spacial score (nSPS) is 10.2. The first kappa shape index (κ1) is 19.3. The molecule has 0 aliphatic heterocycles. The number of amides is 1. The Hall–Kier alpha value is -3.43. The van der Waals surface area contributed by atoms with Gasteiger partial charge >= 0.3 is 0 Å². The molecule has 0 aliphatic carbocycles. The second kappa shape index (κ2) is 8.98. The molecule has 0 atom stereocenters. The molecule has 2 aromatic carbocycles. The zero-order chi connectivity index (χ0) is 19.9. The Morgan fingerprint density at radius 3 is 2.50 bits per heavy atom. The average Bonchev–Trinajstić information content (AvgIpc) is 2.69. The SMILES string of the molecule is Cc1nc(NCCc2ccc(Cl)cc2)cc(C(=O)Nc2ccc(C#N)cc2)n1. The number of anilines is 2. The summed E-state index contributed by atoms with van der Waals surface area (Å²) in [6, 6.07) is 18.0. The van der Waals surface area contributed by atoms with Crippen molar-refractivity contribution >= 4 is 29.0 Å². The quantitative estimate of drug-likeness (QED) is 0.656. The molecular weight excluding hydrogens is 374 g/mol. The second-order valence-corrected chi connectivity index (χ2v) is 6.57. The van der Waals surface area contributed by atoms with Gasteiger partial charge in [-0.1, -0.05) is 23.7 Å². The molecule has 3 rings (SSSR count). The minimum Gasteiger partial charge on any atom is -0.370 e. The number of nitriles is 1. The van der Waals surface area contributed by atoms with Crippen LogP contribution in [-0.4, -0.2) is 22.4 Å². The Bertz CT molecular complexity index is 1010. The fraction of sp³-hybridized carbons (Fsp3) is 0.143. The summed E-state index contributed by atoms with van der Waals surface area (Å²) in [5.74, 6) is 0.754. The molecule has 1 heterocycles. The Morgan fingerprint density at radius 1 is 1.11 bits per heavy atom. The molecule has 3 aromatic rings. The van der Waals surface area contributed by atoms with E-state index in [0.717, 1.165) is 12.0 Å². The maximum atomic E-state index is 12.5.